The molecular formula is C10H5NO2. The third-order valence-electron chi connectivity index (χ3n) is 2.37. The molecule has 0 saturated heterocycles. The summed E-state index contributed by atoms with van der Waals surface area (Å²) >= 11 is 0. The lowest BCUT2D eigenvalue weighted by molar-refractivity contribution is -0.122. The zero-order valence-corrected chi connectivity index (χ0v) is 6.63. The molecule has 1 N–H and O–H groups in total. The number of amides is 2. The van der Waals surface area contributed by atoms with Gasteiger partial charge in [0, 0.05) is 0 Å². The smallest absolute Gasteiger partial charge is 0.259 e. The Morgan fingerprint density at radius 1 is 0.923 bits per heavy atom. The summed E-state index contributed by atoms with van der Waals surface area (Å²) in [6, 6.07) is 7.39. The van der Waals surface area contributed by atoms with E-state index in [1.165, 1.54) is 0 Å². The van der Waals surface area contributed by atoms with E-state index in [-0.39, 0.29) is 11.8 Å². The van der Waals surface area contributed by atoms with E-state index in [4.69, 9.17) is 0 Å². The molecule has 0 spiro atoms. The molecule has 2 aliphatic rings. The Kier molecular flexibility index (Phi) is 0.953. The van der Waals surface area contributed by atoms with Crippen molar-refractivity contribution in [3.8, 4) is 0 Å². The van der Waals surface area contributed by atoms with Gasteiger partial charge in [-0.2, -0.15) is 0 Å². The maximum atomic E-state index is 11.3. The predicted octanol–water partition coefficient (Wildman–Crippen LogP) is 0.567. The van der Waals surface area contributed by atoms with Crippen molar-refractivity contribution < 1.29 is 9.59 Å². The third kappa shape index (κ3) is 0.643. The molecule has 2 bridgehead atoms. The van der Waals surface area contributed by atoms with Crippen molar-refractivity contribution in [3.63, 3.8) is 0 Å². The van der Waals surface area contributed by atoms with Crippen LogP contribution in [0.3, 0.4) is 0 Å². The van der Waals surface area contributed by atoms with Gasteiger partial charge in [0.25, 0.3) is 11.8 Å². The molecule has 0 atom stereocenters. The number of carbonyl (C=O) groups is 2. The van der Waals surface area contributed by atoms with Crippen molar-refractivity contribution >= 4 is 23.0 Å². The normalized spacial score (nSPS) is 17.8. The molecule has 1 aromatic carbocycles. The van der Waals surface area contributed by atoms with Crippen LogP contribution in [0.5, 0.6) is 0 Å². The van der Waals surface area contributed by atoms with Crippen LogP contribution in [-0.4, -0.2) is 11.8 Å². The number of imide groups is 1. The first kappa shape index (κ1) is 6.60. The van der Waals surface area contributed by atoms with Gasteiger partial charge >= 0.3 is 0 Å². The number of carbonyl (C=O) groups excluding carboxylic acids is 2. The largest absolute Gasteiger partial charge is 0.288 e. The molecule has 1 aliphatic carbocycles. The fraction of sp³-hybridized carbons (Fsp3) is 0. The van der Waals surface area contributed by atoms with Crippen LogP contribution in [0.15, 0.2) is 24.3 Å². The number of fused-ring (bicyclic) bond motifs is 4. The van der Waals surface area contributed by atoms with Gasteiger partial charge < -0.3 is 0 Å². The molecule has 0 aromatic heterocycles. The second kappa shape index (κ2) is 1.88. The van der Waals surface area contributed by atoms with Crippen LogP contribution in [0, 0.1) is 0 Å². The zero-order valence-electron chi connectivity index (χ0n) is 6.63. The fourth-order valence-electron chi connectivity index (χ4n) is 1.84. The van der Waals surface area contributed by atoms with Crippen molar-refractivity contribution in [1.82, 2.24) is 5.32 Å². The average molecular weight is 171 g/mol. The number of hydrogen-bond acceptors (Lipinski definition) is 2. The summed E-state index contributed by atoms with van der Waals surface area (Å²) in [4.78, 5) is 22.6. The second-order valence-corrected chi connectivity index (χ2v) is 3.11. The van der Waals surface area contributed by atoms with E-state index in [2.05, 4.69) is 5.32 Å². The maximum Gasteiger partial charge on any atom is 0.259 e. The molecule has 13 heavy (non-hydrogen) atoms. The minimum absolute atomic E-state index is 0.277. The average Bonchev–Trinajstić information content (AvgIpc) is 2.53. The number of nitrogens with one attached hydrogen (secondary N) is 1. The zero-order chi connectivity index (χ0) is 9.00. The summed E-state index contributed by atoms with van der Waals surface area (Å²) < 4.78 is 0. The highest BCUT2D eigenvalue weighted by Gasteiger charge is 2.35. The number of hydrogen-bond donors (Lipinski definition) is 1. The summed E-state index contributed by atoms with van der Waals surface area (Å²) in [7, 11) is 0. The van der Waals surface area contributed by atoms with Gasteiger partial charge in [-0.25, -0.2) is 0 Å². The minimum atomic E-state index is -0.277. The molecule has 0 radical (unpaired) electrons. The molecule has 3 nitrogen and oxygen atoms in total. The van der Waals surface area contributed by atoms with Gasteiger partial charge in [0.05, 0.1) is 11.1 Å². The van der Waals surface area contributed by atoms with Crippen LogP contribution in [0.25, 0.3) is 11.1 Å². The lowest BCUT2D eigenvalue weighted by atomic mass is 10.1. The Balaban J connectivity index is 2.38. The van der Waals surface area contributed by atoms with Crippen LogP contribution in [0.4, 0.5) is 0 Å². The van der Waals surface area contributed by atoms with Crippen LogP contribution in [0.1, 0.15) is 11.1 Å². The van der Waals surface area contributed by atoms with Crippen molar-refractivity contribution in [2.24, 2.45) is 0 Å². The highest BCUT2D eigenvalue weighted by atomic mass is 16.2. The van der Waals surface area contributed by atoms with Crippen LogP contribution in [0.2, 0.25) is 0 Å². The van der Waals surface area contributed by atoms with Crippen LogP contribution >= 0.6 is 0 Å². The molecule has 1 heterocycles. The topological polar surface area (TPSA) is 46.2 Å². The van der Waals surface area contributed by atoms with Gasteiger partial charge in [0.15, 0.2) is 0 Å². The van der Waals surface area contributed by atoms with E-state index in [9.17, 15) is 9.59 Å². The molecule has 3 rings (SSSR count). The first-order chi connectivity index (χ1) is 6.27. The molecular weight excluding hydrogens is 166 g/mol. The van der Waals surface area contributed by atoms with E-state index >= 15 is 0 Å². The summed E-state index contributed by atoms with van der Waals surface area (Å²) in [6.45, 7) is 0. The van der Waals surface area contributed by atoms with E-state index in [1.54, 1.807) is 0 Å². The molecule has 0 saturated carbocycles. The van der Waals surface area contributed by atoms with E-state index in [1.807, 2.05) is 24.3 Å². The van der Waals surface area contributed by atoms with Crippen molar-refractivity contribution in [1.29, 1.82) is 0 Å². The molecule has 0 unspecified atom stereocenters. The van der Waals surface area contributed by atoms with Crippen LogP contribution < -0.4 is 5.32 Å². The quantitative estimate of drug-likeness (QED) is 0.580. The highest BCUT2D eigenvalue weighted by Crippen LogP contribution is 2.37. The lowest BCUT2D eigenvalue weighted by Crippen LogP contribution is -2.23. The highest BCUT2D eigenvalue weighted by molar-refractivity contribution is 6.50. The monoisotopic (exact) mass is 171 g/mol. The molecule has 2 amide bonds. The lowest BCUT2D eigenvalue weighted by Gasteiger charge is -1.97. The Labute approximate surface area is 74.1 Å². The molecule has 1 aromatic rings. The Bertz CT molecular complexity index is 446. The van der Waals surface area contributed by atoms with E-state index in [0.717, 1.165) is 11.1 Å². The van der Waals surface area contributed by atoms with E-state index in [0.29, 0.717) is 11.1 Å². The van der Waals surface area contributed by atoms with Gasteiger partial charge in [-0.15, -0.1) is 0 Å². The van der Waals surface area contributed by atoms with E-state index < -0.39 is 0 Å². The fourth-order valence-corrected chi connectivity index (χ4v) is 1.84. The van der Waals surface area contributed by atoms with Crippen molar-refractivity contribution in [2.45, 2.75) is 0 Å². The van der Waals surface area contributed by atoms with Gasteiger partial charge in [-0.05, 0) is 17.2 Å². The Hall–Kier alpha value is -1.90. The maximum absolute atomic E-state index is 11.3. The summed E-state index contributed by atoms with van der Waals surface area (Å²) in [5.41, 5.74) is 2.75. The third-order valence-corrected chi connectivity index (χ3v) is 2.37. The van der Waals surface area contributed by atoms with Gasteiger partial charge in [-0.3, -0.25) is 14.9 Å². The number of rotatable bonds is 0. The Morgan fingerprint density at radius 2 is 1.46 bits per heavy atom. The summed E-state index contributed by atoms with van der Waals surface area (Å²) in [5, 5.41) is 2.28. The predicted molar refractivity (Wildman–Crippen MR) is 46.4 cm³/mol. The first-order valence-electron chi connectivity index (χ1n) is 3.98. The van der Waals surface area contributed by atoms with Crippen LogP contribution in [-0.2, 0) is 9.59 Å². The number of benzene rings is 1. The minimum Gasteiger partial charge on any atom is -0.288 e. The summed E-state index contributed by atoms with van der Waals surface area (Å²) in [5.74, 6) is -0.553. The molecule has 62 valence electrons. The Morgan fingerprint density at radius 3 is 2.00 bits per heavy atom. The van der Waals surface area contributed by atoms with Gasteiger partial charge in [0.1, 0.15) is 0 Å². The summed E-state index contributed by atoms with van der Waals surface area (Å²) in [6.07, 6.45) is 0. The molecule has 3 heteroatoms. The second-order valence-electron chi connectivity index (χ2n) is 3.11. The van der Waals surface area contributed by atoms with Gasteiger partial charge in [-0.1, -0.05) is 18.2 Å². The molecule has 0 fully saturated rings. The van der Waals surface area contributed by atoms with Crippen molar-refractivity contribution in [2.75, 3.05) is 0 Å². The standard InChI is InChI=1S/C10H5NO2/c12-9-7-5-2-1-3-6(4-5)8(7)10(13)11-9/h1-4H,(H,11,12,13). The first-order valence-corrected chi connectivity index (χ1v) is 3.98. The molecule has 1 aliphatic heterocycles. The van der Waals surface area contributed by atoms with Gasteiger partial charge in [0.2, 0.25) is 0 Å². The SMILES string of the molecule is O=C1NC(=O)C2=C1c1cccc2c1. The van der Waals surface area contributed by atoms with Crippen molar-refractivity contribution in [3.05, 3.63) is 35.4 Å².